The van der Waals surface area contributed by atoms with Gasteiger partial charge in [-0.3, -0.25) is 0 Å². The summed E-state index contributed by atoms with van der Waals surface area (Å²) < 4.78 is 0. The highest BCUT2D eigenvalue weighted by Gasteiger charge is 2.53. The molecule has 0 aromatic heterocycles. The smallest absolute Gasteiger partial charge is 0.0719 e. The van der Waals surface area contributed by atoms with Crippen LogP contribution < -0.4 is 4.90 Å². The molecule has 0 amide bonds. The first kappa shape index (κ1) is 42.1. The second-order valence-electron chi connectivity index (χ2n) is 20.3. The number of hydrogen-bond donors (Lipinski definition) is 0. The summed E-state index contributed by atoms with van der Waals surface area (Å²) in [5, 5.41) is 0. The fraction of sp³-hybridized carbons (Fsp3) is 0.0704. The fourth-order valence-electron chi connectivity index (χ4n) is 13.4. The van der Waals surface area contributed by atoms with Crippen LogP contribution >= 0.6 is 0 Å². The zero-order chi connectivity index (χ0) is 48.0. The Morgan fingerprint density at radius 1 is 0.250 bits per heavy atom. The summed E-state index contributed by atoms with van der Waals surface area (Å²) in [5.74, 6) is 0. The highest BCUT2D eigenvalue weighted by Crippen LogP contribution is 2.63. The second-order valence-corrected chi connectivity index (χ2v) is 20.3. The molecule has 0 heterocycles. The molecule has 1 spiro atoms. The van der Waals surface area contributed by atoms with Crippen molar-refractivity contribution in [3.8, 4) is 44.5 Å². The molecule has 0 bridgehead atoms. The number of anilines is 3. The molecule has 0 radical (unpaired) electrons. The minimum atomic E-state index is -0.499. The van der Waals surface area contributed by atoms with E-state index in [9.17, 15) is 0 Å². The number of para-hydroxylation sites is 1. The third kappa shape index (κ3) is 5.89. The summed E-state index contributed by atoms with van der Waals surface area (Å²) in [7, 11) is 0. The minimum Gasteiger partial charge on any atom is -0.310 e. The van der Waals surface area contributed by atoms with E-state index in [-0.39, 0.29) is 5.41 Å². The molecule has 0 atom stereocenters. The monoisotopic (exact) mass is 917 g/mol. The first-order chi connectivity index (χ1) is 35.5. The summed E-state index contributed by atoms with van der Waals surface area (Å²) in [5.41, 5.74) is 25.6. The van der Waals surface area contributed by atoms with E-state index >= 15 is 0 Å². The molecule has 11 aromatic rings. The molecule has 1 nitrogen and oxygen atoms in total. The largest absolute Gasteiger partial charge is 0.310 e. The Labute approximate surface area is 423 Å². The van der Waals surface area contributed by atoms with Gasteiger partial charge in [-0.2, -0.15) is 0 Å². The Balaban J connectivity index is 0.904. The lowest BCUT2D eigenvalue weighted by Gasteiger charge is -2.46. The molecule has 3 aliphatic carbocycles. The van der Waals surface area contributed by atoms with Crippen LogP contribution in [0.25, 0.3) is 44.5 Å². The van der Waals surface area contributed by atoms with Crippen molar-refractivity contribution in [2.45, 2.75) is 30.1 Å². The number of nitrogens with zero attached hydrogens (tertiary/aromatic N) is 1. The molecule has 0 fully saturated rings. The molecule has 11 aromatic carbocycles. The zero-order valence-electron chi connectivity index (χ0n) is 40.4. The molecule has 3 aliphatic rings. The van der Waals surface area contributed by atoms with Gasteiger partial charge in [0, 0.05) is 22.5 Å². The number of rotatable bonds is 7. The number of benzene rings is 11. The molecule has 0 unspecified atom stereocenters. The van der Waals surface area contributed by atoms with Gasteiger partial charge in [-0.1, -0.05) is 244 Å². The van der Waals surface area contributed by atoms with E-state index in [0.717, 1.165) is 17.1 Å². The van der Waals surface area contributed by atoms with Gasteiger partial charge >= 0.3 is 0 Å². The molecule has 72 heavy (non-hydrogen) atoms. The van der Waals surface area contributed by atoms with Crippen LogP contribution in [0.1, 0.15) is 69.5 Å². The van der Waals surface area contributed by atoms with E-state index in [1.54, 1.807) is 0 Å². The van der Waals surface area contributed by atoms with Gasteiger partial charge in [0.25, 0.3) is 0 Å². The van der Waals surface area contributed by atoms with Crippen molar-refractivity contribution in [1.82, 2.24) is 0 Å². The average Bonchev–Trinajstić information content (AvgIpc) is 3.92. The van der Waals surface area contributed by atoms with Crippen molar-refractivity contribution in [2.75, 3.05) is 4.90 Å². The van der Waals surface area contributed by atoms with Crippen LogP contribution in [0.4, 0.5) is 17.1 Å². The number of hydrogen-bond acceptors (Lipinski definition) is 1. The second kappa shape index (κ2) is 16.1. The van der Waals surface area contributed by atoms with E-state index in [0.29, 0.717) is 0 Å². The van der Waals surface area contributed by atoms with E-state index in [1.165, 1.54) is 100 Å². The molecule has 0 saturated carbocycles. The van der Waals surface area contributed by atoms with Crippen LogP contribution in [0.15, 0.2) is 273 Å². The standard InChI is InChI=1S/C71H51N/c1-69(2)63-36-16-18-38-65(63)71(66-39-19-17-37-64(66)69)62-35-15-12-30-57(62)59-45-42-50(47-67(59)71)49-22-20-29-55(46-49)72(53-27-10-5-11-28-53)54-43-40-48(41-44-54)56-32-21-33-60-58-31-13-14-34-61(58)70(68(56)60,51-23-6-3-7-24-51)52-25-8-4-9-26-52/h3-47H,1-2H3. The van der Waals surface area contributed by atoms with Gasteiger partial charge in [0.1, 0.15) is 0 Å². The predicted octanol–water partition coefficient (Wildman–Crippen LogP) is 17.9. The molecular weight excluding hydrogens is 867 g/mol. The molecule has 14 rings (SSSR count). The van der Waals surface area contributed by atoms with Crippen LogP contribution in [0.5, 0.6) is 0 Å². The molecule has 0 N–H and O–H groups in total. The van der Waals surface area contributed by atoms with Crippen LogP contribution in [-0.2, 0) is 16.2 Å². The minimum absolute atomic E-state index is 0.150. The lowest BCUT2D eigenvalue weighted by atomic mass is 9.55. The fourth-order valence-corrected chi connectivity index (χ4v) is 13.4. The van der Waals surface area contributed by atoms with Crippen molar-refractivity contribution in [2.24, 2.45) is 0 Å². The van der Waals surface area contributed by atoms with E-state index < -0.39 is 10.8 Å². The summed E-state index contributed by atoms with van der Waals surface area (Å²) >= 11 is 0. The van der Waals surface area contributed by atoms with E-state index in [2.05, 4.69) is 292 Å². The first-order valence-corrected chi connectivity index (χ1v) is 25.3. The summed E-state index contributed by atoms with van der Waals surface area (Å²) in [4.78, 5) is 2.40. The number of fused-ring (bicyclic) bond motifs is 12. The maximum atomic E-state index is 2.50. The summed E-state index contributed by atoms with van der Waals surface area (Å²) in [6.45, 7) is 4.78. The SMILES string of the molecule is CC1(C)c2ccccc2C2(c3ccccc3-c3ccc(-c4cccc(N(c5ccccc5)c5ccc(-c6cccc7c6C(c6ccccc6)(c6ccccc6)c6ccccc6-7)cc5)c4)cc32)c2ccccc21. The van der Waals surface area contributed by atoms with Gasteiger partial charge in [-0.05, 0) is 143 Å². The summed E-state index contributed by atoms with van der Waals surface area (Å²) in [6, 6.07) is 102. The molecular formula is C71H51N. The Morgan fingerprint density at radius 2 is 0.667 bits per heavy atom. The maximum Gasteiger partial charge on any atom is 0.0719 e. The van der Waals surface area contributed by atoms with E-state index in [4.69, 9.17) is 0 Å². The average molecular weight is 918 g/mol. The van der Waals surface area contributed by atoms with Crippen LogP contribution in [0.3, 0.4) is 0 Å². The Morgan fingerprint density at radius 3 is 1.29 bits per heavy atom. The van der Waals surface area contributed by atoms with Gasteiger partial charge in [0.2, 0.25) is 0 Å². The highest BCUT2D eigenvalue weighted by atomic mass is 15.1. The van der Waals surface area contributed by atoms with Crippen LogP contribution in [-0.4, -0.2) is 0 Å². The Kier molecular flexibility index (Phi) is 9.44. The van der Waals surface area contributed by atoms with Crippen molar-refractivity contribution < 1.29 is 0 Å². The quantitative estimate of drug-likeness (QED) is 0.154. The first-order valence-electron chi connectivity index (χ1n) is 25.3. The van der Waals surface area contributed by atoms with E-state index in [1.807, 2.05) is 0 Å². The van der Waals surface area contributed by atoms with Crippen molar-refractivity contribution >= 4 is 17.1 Å². The topological polar surface area (TPSA) is 3.24 Å². The highest BCUT2D eigenvalue weighted by molar-refractivity contribution is 5.94. The van der Waals surface area contributed by atoms with Crippen LogP contribution in [0.2, 0.25) is 0 Å². The molecule has 0 saturated heterocycles. The summed E-state index contributed by atoms with van der Waals surface area (Å²) in [6.07, 6.45) is 0. The van der Waals surface area contributed by atoms with Crippen molar-refractivity contribution in [1.29, 1.82) is 0 Å². The van der Waals surface area contributed by atoms with Crippen molar-refractivity contribution in [3.05, 3.63) is 329 Å². The third-order valence-corrected chi connectivity index (χ3v) is 16.4. The molecule has 340 valence electrons. The molecule has 0 aliphatic heterocycles. The maximum absolute atomic E-state index is 2.50. The normalized spacial score (nSPS) is 14.6. The zero-order valence-corrected chi connectivity index (χ0v) is 40.4. The van der Waals surface area contributed by atoms with Gasteiger partial charge in [-0.15, -0.1) is 0 Å². The van der Waals surface area contributed by atoms with Gasteiger partial charge < -0.3 is 4.90 Å². The predicted molar refractivity (Wildman–Crippen MR) is 299 cm³/mol. The van der Waals surface area contributed by atoms with Gasteiger partial charge in [0.05, 0.1) is 10.8 Å². The van der Waals surface area contributed by atoms with Crippen LogP contribution in [0, 0.1) is 0 Å². The van der Waals surface area contributed by atoms with Crippen molar-refractivity contribution in [3.63, 3.8) is 0 Å². The lowest BCUT2D eigenvalue weighted by Crippen LogP contribution is -2.40. The third-order valence-electron chi connectivity index (χ3n) is 16.4. The molecule has 1 heteroatoms. The van der Waals surface area contributed by atoms with Gasteiger partial charge in [0.15, 0.2) is 0 Å². The Bertz CT molecular complexity index is 3790. The lowest BCUT2D eigenvalue weighted by molar-refractivity contribution is 0.563. The van der Waals surface area contributed by atoms with Gasteiger partial charge in [-0.25, -0.2) is 0 Å². The Hall–Kier alpha value is -8.78.